The number of rotatable bonds is 1. The van der Waals surface area contributed by atoms with Gasteiger partial charge in [0.1, 0.15) is 22.1 Å². The monoisotopic (exact) mass is 202 g/mol. The molecule has 1 aliphatic carbocycles. The van der Waals surface area contributed by atoms with Crippen LogP contribution in [-0.4, -0.2) is 5.78 Å². The van der Waals surface area contributed by atoms with E-state index < -0.39 is 5.41 Å². The molecule has 1 fully saturated rings. The Bertz CT molecular complexity index is 467. The van der Waals surface area contributed by atoms with Gasteiger partial charge in [-0.1, -0.05) is 0 Å². The lowest BCUT2D eigenvalue weighted by molar-refractivity contribution is -0.126. The van der Waals surface area contributed by atoms with Gasteiger partial charge in [-0.3, -0.25) is 4.79 Å². The fourth-order valence-electron chi connectivity index (χ4n) is 1.58. The van der Waals surface area contributed by atoms with Gasteiger partial charge in [0, 0.05) is 17.7 Å². The second-order valence-electron chi connectivity index (χ2n) is 3.36. The van der Waals surface area contributed by atoms with E-state index in [1.807, 2.05) is 6.07 Å². The molecular weight excluding hydrogens is 196 g/mol. The number of carbonyl (C=O) groups excluding carboxylic acids is 1. The van der Waals surface area contributed by atoms with Crippen LogP contribution in [0.2, 0.25) is 0 Å². The van der Waals surface area contributed by atoms with Crippen LogP contribution in [0.5, 0.6) is 0 Å². The molecule has 0 aliphatic heterocycles. The van der Waals surface area contributed by atoms with Crippen LogP contribution < -0.4 is 0 Å². The molecule has 0 bridgehead atoms. The first kappa shape index (κ1) is 8.93. The number of hydrogen-bond donors (Lipinski definition) is 0. The number of hydrogen-bond acceptors (Lipinski definition) is 4. The lowest BCUT2D eigenvalue weighted by Gasteiger charge is -2.32. The predicted molar refractivity (Wildman–Crippen MR) is 50.6 cm³/mol. The summed E-state index contributed by atoms with van der Waals surface area (Å²) in [5.41, 5.74) is -0.628. The lowest BCUT2D eigenvalue weighted by atomic mass is 9.68. The topological polar surface area (TPSA) is 64.7 Å². The smallest absolute Gasteiger partial charge is 0.136 e. The highest BCUT2D eigenvalue weighted by Gasteiger charge is 2.46. The average molecular weight is 202 g/mol. The summed E-state index contributed by atoms with van der Waals surface area (Å²) in [7, 11) is 0. The van der Waals surface area contributed by atoms with Crippen LogP contribution in [0.3, 0.4) is 0 Å². The van der Waals surface area contributed by atoms with Crippen molar-refractivity contribution >= 4 is 17.1 Å². The Hall–Kier alpha value is -1.65. The summed E-state index contributed by atoms with van der Waals surface area (Å²) in [6.07, 6.45) is 0.601. The Morgan fingerprint density at radius 1 is 1.36 bits per heavy atom. The van der Waals surface area contributed by atoms with Gasteiger partial charge in [-0.2, -0.15) is 10.5 Å². The fraction of sp³-hybridized carbons (Fsp3) is 0.300. The number of carbonyl (C=O) groups is 1. The van der Waals surface area contributed by atoms with Crippen molar-refractivity contribution in [2.45, 2.75) is 18.3 Å². The van der Waals surface area contributed by atoms with Crippen LogP contribution in [0.25, 0.3) is 0 Å². The molecule has 68 valence electrons. The molecule has 0 aromatic carbocycles. The fourth-order valence-corrected chi connectivity index (χ4v) is 2.53. The second-order valence-corrected chi connectivity index (χ2v) is 4.45. The standard InChI is InChI=1S/C10H6N2OS/c11-5-8-1-2-9(14-8)10(6-12)3-7(13)4-10/h1-2H,3-4H2. The SMILES string of the molecule is N#Cc1ccc(C2(C#N)CC(=O)C2)s1. The lowest BCUT2D eigenvalue weighted by Crippen LogP contribution is -2.39. The van der Waals surface area contributed by atoms with Gasteiger partial charge in [-0.05, 0) is 12.1 Å². The molecule has 3 nitrogen and oxygen atoms in total. The molecule has 1 aromatic heterocycles. The Morgan fingerprint density at radius 3 is 2.50 bits per heavy atom. The summed E-state index contributed by atoms with van der Waals surface area (Å²) in [5.74, 6) is 0.124. The second kappa shape index (κ2) is 2.94. The zero-order valence-corrected chi connectivity index (χ0v) is 8.10. The van der Waals surface area contributed by atoms with Gasteiger partial charge in [0.15, 0.2) is 0 Å². The minimum Gasteiger partial charge on any atom is -0.300 e. The van der Waals surface area contributed by atoms with Crippen molar-refractivity contribution in [2.75, 3.05) is 0 Å². The molecule has 0 unspecified atom stereocenters. The van der Waals surface area contributed by atoms with E-state index in [1.165, 1.54) is 11.3 Å². The number of nitrogens with zero attached hydrogens (tertiary/aromatic N) is 2. The van der Waals surface area contributed by atoms with E-state index >= 15 is 0 Å². The molecule has 0 N–H and O–H groups in total. The number of ketones is 1. The van der Waals surface area contributed by atoms with Crippen LogP contribution in [-0.2, 0) is 10.2 Å². The third kappa shape index (κ3) is 1.13. The van der Waals surface area contributed by atoms with E-state index in [9.17, 15) is 4.79 Å². The van der Waals surface area contributed by atoms with Gasteiger partial charge in [-0.25, -0.2) is 0 Å². The van der Waals surface area contributed by atoms with Crippen LogP contribution in [0.15, 0.2) is 12.1 Å². The average Bonchev–Trinajstić information content (AvgIpc) is 2.61. The maximum absolute atomic E-state index is 10.9. The molecule has 1 aromatic rings. The Balaban J connectivity index is 2.36. The van der Waals surface area contributed by atoms with E-state index in [2.05, 4.69) is 6.07 Å². The number of nitriles is 2. The quantitative estimate of drug-likeness (QED) is 0.696. The van der Waals surface area contributed by atoms with E-state index in [0.29, 0.717) is 17.7 Å². The highest BCUT2D eigenvalue weighted by Crippen LogP contribution is 2.43. The Morgan fingerprint density at radius 2 is 2.07 bits per heavy atom. The maximum Gasteiger partial charge on any atom is 0.136 e. The van der Waals surface area contributed by atoms with Crippen LogP contribution in [0.1, 0.15) is 22.6 Å². The Kier molecular flexibility index (Phi) is 1.87. The summed E-state index contributed by atoms with van der Waals surface area (Å²) in [4.78, 5) is 12.3. The first-order chi connectivity index (χ1) is 6.70. The highest BCUT2D eigenvalue weighted by molar-refractivity contribution is 7.12. The molecule has 0 atom stereocenters. The molecule has 1 saturated carbocycles. The highest BCUT2D eigenvalue weighted by atomic mass is 32.1. The molecule has 1 aliphatic rings. The van der Waals surface area contributed by atoms with Gasteiger partial charge >= 0.3 is 0 Å². The molecule has 4 heteroatoms. The van der Waals surface area contributed by atoms with Crippen molar-refractivity contribution in [2.24, 2.45) is 0 Å². The third-order valence-corrected chi connectivity index (χ3v) is 3.59. The van der Waals surface area contributed by atoms with Crippen LogP contribution in [0.4, 0.5) is 0 Å². The zero-order chi connectivity index (χ0) is 10.2. The molecule has 0 saturated heterocycles. The van der Waals surface area contributed by atoms with Crippen molar-refractivity contribution in [3.8, 4) is 12.1 Å². The van der Waals surface area contributed by atoms with E-state index in [0.717, 1.165) is 4.88 Å². The minimum atomic E-state index is -0.628. The van der Waals surface area contributed by atoms with Gasteiger partial charge in [0.2, 0.25) is 0 Å². The van der Waals surface area contributed by atoms with Crippen molar-refractivity contribution < 1.29 is 4.79 Å². The van der Waals surface area contributed by atoms with Gasteiger partial charge < -0.3 is 0 Å². The number of Topliss-reactive ketones (excluding diaryl/α,β-unsaturated/α-hetero) is 1. The van der Waals surface area contributed by atoms with Crippen LogP contribution >= 0.6 is 11.3 Å². The molecule has 0 spiro atoms. The minimum absolute atomic E-state index is 0.124. The normalized spacial score (nSPS) is 18.0. The predicted octanol–water partition coefficient (Wildman–Crippen LogP) is 1.74. The molecule has 0 amide bonds. The summed E-state index contributed by atoms with van der Waals surface area (Å²) < 4.78 is 0. The van der Waals surface area contributed by atoms with Crippen molar-refractivity contribution in [1.29, 1.82) is 10.5 Å². The summed E-state index contributed by atoms with van der Waals surface area (Å²) in [6.45, 7) is 0. The van der Waals surface area contributed by atoms with Crippen molar-refractivity contribution in [3.63, 3.8) is 0 Å². The van der Waals surface area contributed by atoms with Crippen LogP contribution in [0, 0.1) is 22.7 Å². The Labute approximate surface area is 85.2 Å². The maximum atomic E-state index is 10.9. The molecule has 0 radical (unpaired) electrons. The largest absolute Gasteiger partial charge is 0.300 e. The van der Waals surface area contributed by atoms with E-state index in [-0.39, 0.29) is 5.78 Å². The molecular formula is C10H6N2OS. The summed E-state index contributed by atoms with van der Waals surface area (Å²) in [5, 5.41) is 17.7. The molecule has 14 heavy (non-hydrogen) atoms. The zero-order valence-electron chi connectivity index (χ0n) is 7.28. The molecule has 1 heterocycles. The first-order valence-electron chi connectivity index (χ1n) is 4.13. The van der Waals surface area contributed by atoms with Gasteiger partial charge in [-0.15, -0.1) is 11.3 Å². The third-order valence-electron chi connectivity index (χ3n) is 2.40. The first-order valence-corrected chi connectivity index (χ1v) is 4.95. The van der Waals surface area contributed by atoms with E-state index in [4.69, 9.17) is 10.5 Å². The van der Waals surface area contributed by atoms with Crippen molar-refractivity contribution in [1.82, 2.24) is 0 Å². The van der Waals surface area contributed by atoms with Crippen molar-refractivity contribution in [3.05, 3.63) is 21.9 Å². The summed E-state index contributed by atoms with van der Waals surface area (Å²) >= 11 is 1.31. The molecule has 2 rings (SSSR count). The summed E-state index contributed by atoms with van der Waals surface area (Å²) in [6, 6.07) is 7.68. The van der Waals surface area contributed by atoms with Gasteiger partial charge in [0.25, 0.3) is 0 Å². The van der Waals surface area contributed by atoms with Gasteiger partial charge in [0.05, 0.1) is 6.07 Å². The van der Waals surface area contributed by atoms with E-state index in [1.54, 1.807) is 12.1 Å². The number of thiophene rings is 1.